The summed E-state index contributed by atoms with van der Waals surface area (Å²) >= 11 is 5.25. The number of hydrogen-bond acceptors (Lipinski definition) is 3. The number of esters is 1. The van der Waals surface area contributed by atoms with Crippen molar-refractivity contribution in [3.8, 4) is 0 Å². The van der Waals surface area contributed by atoms with E-state index in [4.69, 9.17) is 16.5 Å². The van der Waals surface area contributed by atoms with Gasteiger partial charge >= 0.3 is 5.97 Å². The molecule has 0 fully saturated rings. The molecule has 0 spiro atoms. The maximum absolute atomic E-state index is 11.1. The van der Waals surface area contributed by atoms with Crippen LogP contribution in [0.5, 0.6) is 0 Å². The fourth-order valence-corrected chi connectivity index (χ4v) is 0.546. The Bertz CT molecular complexity index is 154. The van der Waals surface area contributed by atoms with Crippen LogP contribution in [0.2, 0.25) is 0 Å². The highest BCUT2D eigenvalue weighted by atomic mass is 35.5. The number of rotatable bonds is 3. The van der Waals surface area contributed by atoms with Crippen LogP contribution < -0.4 is 4.84 Å². The summed E-state index contributed by atoms with van der Waals surface area (Å²) in [4.78, 5) is 13.4. The first-order valence-electron chi connectivity index (χ1n) is 3.89. The van der Waals surface area contributed by atoms with Crippen molar-refractivity contribution in [3.63, 3.8) is 0 Å². The Kier molecular flexibility index (Phi) is 4.57. The van der Waals surface area contributed by atoms with Gasteiger partial charge < -0.3 is 4.74 Å². The summed E-state index contributed by atoms with van der Waals surface area (Å²) in [5.41, 5.74) is 0.00168. The minimum Gasteiger partial charge on any atom is -0.464 e. The lowest BCUT2D eigenvalue weighted by atomic mass is 9.99. The first-order valence-corrected chi connectivity index (χ1v) is 4.27. The topological polar surface area (TPSA) is 38.3 Å². The molecule has 12 heavy (non-hydrogen) atoms. The molecule has 0 aliphatic rings. The second-order valence-corrected chi connectivity index (χ2v) is 4.22. The molecule has 0 aliphatic heterocycles. The third-order valence-corrected chi connectivity index (χ3v) is 1.49. The van der Waals surface area contributed by atoms with Gasteiger partial charge in [-0.3, -0.25) is 4.79 Å². The molecule has 1 atom stereocenters. The van der Waals surface area contributed by atoms with Gasteiger partial charge in [-0.05, 0) is 24.1 Å². The molecule has 0 saturated carbocycles. The molecule has 0 aromatic carbocycles. The Hall–Kier alpha value is -0.280. The van der Waals surface area contributed by atoms with Crippen LogP contribution in [-0.4, -0.2) is 18.6 Å². The second kappa shape index (κ2) is 4.67. The van der Waals surface area contributed by atoms with Gasteiger partial charge in [0.15, 0.2) is 0 Å². The molecule has 0 unspecified atom stereocenters. The fraction of sp³-hybridized carbons (Fsp3) is 0.875. The van der Waals surface area contributed by atoms with E-state index >= 15 is 0 Å². The fourth-order valence-electron chi connectivity index (χ4n) is 0.457. The van der Waals surface area contributed by atoms with E-state index in [1.165, 1.54) is 0 Å². The smallest absolute Gasteiger partial charge is 0.324 e. The molecule has 4 heteroatoms. The molecule has 3 nitrogen and oxygen atoms in total. The zero-order valence-electron chi connectivity index (χ0n) is 7.98. The van der Waals surface area contributed by atoms with Crippen molar-refractivity contribution in [1.29, 1.82) is 0 Å². The molecule has 0 heterocycles. The largest absolute Gasteiger partial charge is 0.464 e. The summed E-state index contributed by atoms with van der Waals surface area (Å²) in [6, 6.07) is -0.450. The molecular formula is C8H16ClNO2. The van der Waals surface area contributed by atoms with Crippen molar-refractivity contribution in [1.82, 2.24) is 4.84 Å². The van der Waals surface area contributed by atoms with Gasteiger partial charge in [-0.2, -0.15) is 0 Å². The van der Waals surface area contributed by atoms with Crippen molar-refractivity contribution < 1.29 is 9.53 Å². The highest BCUT2D eigenvalue weighted by Crippen LogP contribution is 2.13. The highest BCUT2D eigenvalue weighted by molar-refractivity contribution is 6.14. The minimum atomic E-state index is -0.450. The molecule has 72 valence electrons. The number of carbonyl (C=O) groups is 1. The Balaban J connectivity index is 3.72. The molecule has 0 aliphatic carbocycles. The number of nitrogens with one attached hydrogen (secondary N) is 1. The van der Waals surface area contributed by atoms with Gasteiger partial charge in [0, 0.05) is 0 Å². The van der Waals surface area contributed by atoms with Crippen molar-refractivity contribution in [2.75, 3.05) is 6.61 Å². The first kappa shape index (κ1) is 11.7. The maximum atomic E-state index is 11.1. The van der Waals surface area contributed by atoms with Gasteiger partial charge in [0.2, 0.25) is 0 Å². The van der Waals surface area contributed by atoms with Gasteiger partial charge in [-0.25, -0.2) is 4.84 Å². The monoisotopic (exact) mass is 193 g/mol. The third-order valence-electron chi connectivity index (χ3n) is 1.16. The van der Waals surface area contributed by atoms with Crippen LogP contribution in [0.1, 0.15) is 27.7 Å². The number of carbonyl (C=O) groups excluding carboxylic acids is 1. The lowest BCUT2D eigenvalue weighted by Crippen LogP contribution is -2.31. The normalized spacial score (nSPS) is 14.1. The van der Waals surface area contributed by atoms with Crippen LogP contribution in [-0.2, 0) is 9.53 Å². The van der Waals surface area contributed by atoms with E-state index in [9.17, 15) is 4.79 Å². The predicted octanol–water partition coefficient (Wildman–Crippen LogP) is 1.71. The zero-order chi connectivity index (χ0) is 9.78. The summed E-state index contributed by atoms with van der Waals surface area (Å²) < 4.78 is 4.97. The van der Waals surface area contributed by atoms with E-state index in [1.807, 2.05) is 20.8 Å². The Morgan fingerprint density at radius 2 is 2.08 bits per heavy atom. The maximum Gasteiger partial charge on any atom is 0.324 e. The van der Waals surface area contributed by atoms with Crippen LogP contribution in [0, 0.1) is 5.41 Å². The van der Waals surface area contributed by atoms with Crippen LogP contribution in [0.25, 0.3) is 0 Å². The number of halogens is 1. The van der Waals surface area contributed by atoms with Crippen molar-refractivity contribution in [2.24, 2.45) is 5.41 Å². The summed E-state index contributed by atoms with van der Waals surface area (Å²) in [5.74, 6) is -0.320. The van der Waals surface area contributed by atoms with Crippen LogP contribution in [0.15, 0.2) is 0 Å². The van der Waals surface area contributed by atoms with Crippen LogP contribution in [0.3, 0.4) is 0 Å². The Morgan fingerprint density at radius 1 is 1.58 bits per heavy atom. The summed E-state index contributed by atoms with van der Waals surface area (Å²) in [6.07, 6.45) is 0. The van der Waals surface area contributed by atoms with Crippen molar-refractivity contribution in [3.05, 3.63) is 0 Å². The third kappa shape index (κ3) is 5.38. The number of hydrogen-bond donors (Lipinski definition) is 1. The zero-order valence-corrected chi connectivity index (χ0v) is 8.73. The van der Waals surface area contributed by atoms with E-state index in [2.05, 4.69) is 4.84 Å². The molecule has 0 saturated heterocycles. The standard InChI is InChI=1S/C8H16ClNO2/c1-6(10-9)7(11)12-5-8(2,3)4/h6,10H,5H2,1-4H3/t6-/m0/s1. The molecule has 0 rings (SSSR count). The van der Waals surface area contributed by atoms with Crippen molar-refractivity contribution in [2.45, 2.75) is 33.7 Å². The lowest BCUT2D eigenvalue weighted by molar-refractivity contribution is -0.147. The molecule has 0 radical (unpaired) electrons. The van der Waals surface area contributed by atoms with E-state index in [0.29, 0.717) is 6.61 Å². The van der Waals surface area contributed by atoms with E-state index in [1.54, 1.807) is 6.92 Å². The first-order chi connectivity index (χ1) is 5.37. The molecule has 0 aromatic rings. The predicted molar refractivity (Wildman–Crippen MR) is 48.9 cm³/mol. The van der Waals surface area contributed by atoms with Crippen LogP contribution in [0.4, 0.5) is 0 Å². The molecular weight excluding hydrogens is 178 g/mol. The van der Waals surface area contributed by atoms with Gasteiger partial charge in [-0.1, -0.05) is 20.8 Å². The average Bonchev–Trinajstić information content (AvgIpc) is 1.97. The summed E-state index contributed by atoms with van der Waals surface area (Å²) in [6.45, 7) is 8.06. The van der Waals surface area contributed by atoms with Crippen molar-refractivity contribution >= 4 is 17.7 Å². The molecule has 0 aromatic heterocycles. The molecule has 0 amide bonds. The minimum absolute atomic E-state index is 0.00168. The van der Waals surface area contributed by atoms with E-state index < -0.39 is 6.04 Å². The Labute approximate surface area is 78.5 Å². The van der Waals surface area contributed by atoms with Gasteiger partial charge in [0.25, 0.3) is 0 Å². The van der Waals surface area contributed by atoms with E-state index in [-0.39, 0.29) is 11.4 Å². The summed E-state index contributed by atoms with van der Waals surface area (Å²) in [5, 5.41) is 0. The van der Waals surface area contributed by atoms with Crippen LogP contribution >= 0.6 is 11.8 Å². The Morgan fingerprint density at radius 3 is 2.42 bits per heavy atom. The summed E-state index contributed by atoms with van der Waals surface area (Å²) in [7, 11) is 0. The molecule has 0 bridgehead atoms. The highest BCUT2D eigenvalue weighted by Gasteiger charge is 2.17. The van der Waals surface area contributed by atoms with Gasteiger partial charge in [0.05, 0.1) is 6.61 Å². The molecule has 1 N–H and O–H groups in total. The second-order valence-electron chi connectivity index (χ2n) is 4.00. The number of ether oxygens (including phenoxy) is 1. The van der Waals surface area contributed by atoms with Gasteiger partial charge in [0.1, 0.15) is 6.04 Å². The quantitative estimate of drug-likeness (QED) is 0.548. The van der Waals surface area contributed by atoms with E-state index in [0.717, 1.165) is 0 Å². The SMILES string of the molecule is C[C@H](NCl)C(=O)OCC(C)(C)C. The average molecular weight is 194 g/mol. The van der Waals surface area contributed by atoms with Gasteiger partial charge in [-0.15, -0.1) is 0 Å². The lowest BCUT2D eigenvalue weighted by Gasteiger charge is -2.19.